The van der Waals surface area contributed by atoms with Crippen molar-refractivity contribution in [3.8, 4) is 0 Å². The highest BCUT2D eigenvalue weighted by molar-refractivity contribution is 8.18. The Hall–Kier alpha value is 0.290. The minimum Gasteiger partial charge on any atom is -0.331 e. The Morgan fingerprint density at radius 2 is 2.00 bits per heavy atom. The summed E-state index contributed by atoms with van der Waals surface area (Å²) >= 11 is 3.69. The maximum absolute atomic E-state index is 8.96. The molecule has 0 aromatic rings. The summed E-state index contributed by atoms with van der Waals surface area (Å²) in [5.41, 5.74) is 4.85. The first-order chi connectivity index (χ1) is 3.15. The van der Waals surface area contributed by atoms with Gasteiger partial charge in [0, 0.05) is 11.2 Å². The normalized spacial score (nSPS) is 11.3. The maximum atomic E-state index is 8.96. The second-order valence-electron chi connectivity index (χ2n) is 0.646. The molecule has 0 heterocycles. The monoisotopic (exact) mass is 143 g/mol. The molecule has 0 aromatic carbocycles. The molecule has 5 heteroatoms. The summed E-state index contributed by atoms with van der Waals surface area (Å²) in [5, 5.41) is 0. The topological polar surface area (TPSA) is 63.3 Å². The van der Waals surface area contributed by atoms with E-state index in [4.69, 9.17) is 14.5 Å². The van der Waals surface area contributed by atoms with E-state index in [-0.39, 0.29) is 0 Å². The predicted octanol–water partition coefficient (Wildman–Crippen LogP) is -0.633. The van der Waals surface area contributed by atoms with Gasteiger partial charge < -0.3 is 10.3 Å². The molecular weight excluding hydrogens is 134 g/mol. The first-order valence-electron chi connectivity index (χ1n) is 1.68. The molecule has 0 aliphatic carbocycles. The van der Waals surface area contributed by atoms with E-state index >= 15 is 0 Å². The number of thiol groups is 1. The third kappa shape index (κ3) is 1380. The van der Waals surface area contributed by atoms with Gasteiger partial charge in [0.05, 0.1) is 0 Å². The third-order valence-electron chi connectivity index (χ3n) is 0. The zero-order valence-corrected chi connectivity index (χ0v) is 5.71. The zero-order chi connectivity index (χ0) is 6.28. The van der Waals surface area contributed by atoms with Crippen LogP contribution in [-0.2, 0) is 20.8 Å². The Bertz CT molecular complexity index is 71.8. The van der Waals surface area contributed by atoms with Crippen LogP contribution in [0.25, 0.3) is 0 Å². The molecule has 0 bridgehead atoms. The highest BCUT2D eigenvalue weighted by Crippen LogP contribution is 1.31. The second kappa shape index (κ2) is 9.56. The molecule has 3 N–H and O–H groups in total. The van der Waals surface area contributed by atoms with Gasteiger partial charge in [0.1, 0.15) is 9.64 Å². The van der Waals surface area contributed by atoms with Gasteiger partial charge in [-0.1, -0.05) is 6.92 Å². The Balaban J connectivity index is 0. The highest BCUT2D eigenvalue weighted by Gasteiger charge is 1.39. The Morgan fingerprint density at radius 1 is 2.00 bits per heavy atom. The summed E-state index contributed by atoms with van der Waals surface area (Å²) in [6, 6.07) is 0. The lowest BCUT2D eigenvalue weighted by molar-refractivity contribution is 0.583. The average molecular weight is 143 g/mol. The van der Waals surface area contributed by atoms with Crippen LogP contribution in [0.1, 0.15) is 6.92 Å². The fourth-order valence-corrected chi connectivity index (χ4v) is 0. The van der Waals surface area contributed by atoms with Crippen molar-refractivity contribution < 1.29 is 8.76 Å². The van der Waals surface area contributed by atoms with Gasteiger partial charge >= 0.3 is 0 Å². The highest BCUT2D eigenvalue weighted by atomic mass is 32.8. The summed E-state index contributed by atoms with van der Waals surface area (Å²) in [4.78, 5) is 0. The molecule has 0 saturated carbocycles. The van der Waals surface area contributed by atoms with E-state index in [1.54, 1.807) is 0 Å². The number of hydrogen-bond acceptors (Lipinski definition) is 3. The second-order valence-corrected chi connectivity index (χ2v) is 2.06. The molecular formula is C2H9NO2S2. The van der Waals surface area contributed by atoms with Crippen LogP contribution in [0, 0.1) is 0 Å². The van der Waals surface area contributed by atoms with Crippen LogP contribution in [-0.4, -0.2) is 15.3 Å². The fourth-order valence-electron chi connectivity index (χ4n) is 0. The van der Waals surface area contributed by atoms with E-state index in [0.29, 0.717) is 0 Å². The van der Waals surface area contributed by atoms with Gasteiger partial charge in [0.2, 0.25) is 0 Å². The summed E-state index contributed by atoms with van der Waals surface area (Å²) < 4.78 is 16.3. The molecule has 0 aromatic heterocycles. The third-order valence-corrected chi connectivity index (χ3v) is 0. The number of hydrogen-bond donors (Lipinski definition) is 3. The van der Waals surface area contributed by atoms with Gasteiger partial charge in [-0.15, -0.1) is 0 Å². The molecule has 1 unspecified atom stereocenters. The van der Waals surface area contributed by atoms with Gasteiger partial charge in [0.15, 0.2) is 0 Å². The van der Waals surface area contributed by atoms with Gasteiger partial charge in [0.25, 0.3) is 0 Å². The summed E-state index contributed by atoms with van der Waals surface area (Å²) in [5.74, 6) is 0. The minimum absolute atomic E-state index is 0.750. The summed E-state index contributed by atoms with van der Waals surface area (Å²) in [7, 11) is -2.29. The molecule has 3 nitrogen and oxygen atoms in total. The molecule has 1 atom stereocenters. The molecule has 0 fully saturated rings. The lowest BCUT2D eigenvalue weighted by atomic mass is 10.8. The van der Waals surface area contributed by atoms with Crippen LogP contribution in [0.3, 0.4) is 0 Å². The minimum atomic E-state index is -2.29. The van der Waals surface area contributed by atoms with E-state index in [2.05, 4.69) is 11.2 Å². The standard InChI is InChI=1S/C2H7N.H2O2S2/c1-2-3;1-4(2)3/h2-3H2,1H3;4H,(H,1,2,3). The van der Waals surface area contributed by atoms with E-state index in [0.717, 1.165) is 6.54 Å². The van der Waals surface area contributed by atoms with Crippen molar-refractivity contribution in [2.24, 2.45) is 5.73 Å². The van der Waals surface area contributed by atoms with Crippen molar-refractivity contribution in [1.29, 1.82) is 0 Å². The quantitative estimate of drug-likeness (QED) is 0.395. The zero-order valence-electron chi connectivity index (χ0n) is 4.00. The van der Waals surface area contributed by atoms with Crippen LogP contribution in [0.5, 0.6) is 0 Å². The van der Waals surface area contributed by atoms with Crippen molar-refractivity contribution in [3.63, 3.8) is 0 Å². The maximum Gasteiger partial charge on any atom is 0.130 e. The SMILES string of the molecule is CCN.O=[SH](O)=S. The molecule has 0 rings (SSSR count). The molecule has 0 aliphatic rings. The van der Waals surface area contributed by atoms with Gasteiger partial charge in [-0.05, 0) is 6.54 Å². The Labute approximate surface area is 49.4 Å². The van der Waals surface area contributed by atoms with Gasteiger partial charge in [-0.2, -0.15) is 0 Å². The average Bonchev–Trinajstić information content (AvgIpc) is 1.33. The van der Waals surface area contributed by atoms with Crippen molar-refractivity contribution in [3.05, 3.63) is 0 Å². The van der Waals surface area contributed by atoms with E-state index in [1.165, 1.54) is 0 Å². The van der Waals surface area contributed by atoms with E-state index in [1.807, 2.05) is 6.92 Å². The van der Waals surface area contributed by atoms with Crippen molar-refractivity contribution in [2.45, 2.75) is 6.92 Å². The van der Waals surface area contributed by atoms with Crippen LogP contribution < -0.4 is 5.73 Å². The molecule has 46 valence electrons. The fraction of sp³-hybridized carbons (Fsp3) is 1.00. The van der Waals surface area contributed by atoms with Crippen molar-refractivity contribution in [1.82, 2.24) is 0 Å². The number of nitrogens with two attached hydrogens (primary N) is 1. The Kier molecular flexibility index (Phi) is 14.1. The predicted molar refractivity (Wildman–Crippen MR) is 34.3 cm³/mol. The van der Waals surface area contributed by atoms with Crippen LogP contribution in [0.4, 0.5) is 0 Å². The largest absolute Gasteiger partial charge is 0.331 e. The summed E-state index contributed by atoms with van der Waals surface area (Å²) in [6.07, 6.45) is 0. The molecule has 0 radical (unpaired) electrons. The molecule has 0 amide bonds. The first-order valence-corrected chi connectivity index (χ1v) is 3.91. The van der Waals surface area contributed by atoms with Crippen molar-refractivity contribution in [2.75, 3.05) is 6.54 Å². The lowest BCUT2D eigenvalue weighted by Gasteiger charge is -1.53. The van der Waals surface area contributed by atoms with E-state index in [9.17, 15) is 0 Å². The van der Waals surface area contributed by atoms with Crippen LogP contribution >= 0.6 is 0 Å². The molecule has 0 spiro atoms. The molecule has 0 aliphatic heterocycles. The van der Waals surface area contributed by atoms with Crippen LogP contribution in [0.15, 0.2) is 0 Å². The first kappa shape index (κ1) is 10.3. The lowest BCUT2D eigenvalue weighted by Crippen LogP contribution is -1.87. The van der Waals surface area contributed by atoms with E-state index < -0.39 is 9.64 Å². The smallest absolute Gasteiger partial charge is 0.130 e. The molecule has 7 heavy (non-hydrogen) atoms. The number of rotatable bonds is 0. The molecule has 0 saturated heterocycles. The van der Waals surface area contributed by atoms with Crippen LogP contribution in [0.2, 0.25) is 0 Å². The summed E-state index contributed by atoms with van der Waals surface area (Å²) in [6.45, 7) is 2.65. The Morgan fingerprint density at radius 3 is 2.00 bits per heavy atom. The van der Waals surface area contributed by atoms with Crippen molar-refractivity contribution >= 4 is 20.8 Å². The van der Waals surface area contributed by atoms with Gasteiger partial charge in [-0.3, -0.25) is 0 Å². The van der Waals surface area contributed by atoms with Gasteiger partial charge in [-0.25, -0.2) is 4.21 Å².